The fraction of sp³-hybridized carbons (Fsp3) is 0.561. The molecule has 0 bridgehead atoms. The van der Waals surface area contributed by atoms with Gasteiger partial charge in [-0.25, -0.2) is 5.06 Å². The minimum absolute atomic E-state index is 0.187. The highest BCUT2D eigenvalue weighted by atomic mass is 16.7. The maximum atomic E-state index is 14.0. The summed E-state index contributed by atoms with van der Waals surface area (Å²) < 4.78 is 0. The lowest BCUT2D eigenvalue weighted by molar-refractivity contribution is -0.203. The van der Waals surface area contributed by atoms with Gasteiger partial charge in [-0.3, -0.25) is 33.6 Å². The van der Waals surface area contributed by atoms with E-state index >= 15 is 0 Å². The summed E-state index contributed by atoms with van der Waals surface area (Å²) in [7, 11) is 1.36. The molecule has 15 heteroatoms. The van der Waals surface area contributed by atoms with E-state index in [9.17, 15) is 28.8 Å². The topological polar surface area (TPSA) is 218 Å². The highest BCUT2D eigenvalue weighted by Crippen LogP contribution is 2.23. The number of nitrogens with one attached hydrogen (secondary N) is 4. The molecule has 0 saturated carbocycles. The second-order valence-corrected chi connectivity index (χ2v) is 14.6. The first-order valence-electron chi connectivity index (χ1n) is 20.0. The molecule has 0 spiro atoms. The van der Waals surface area contributed by atoms with E-state index in [2.05, 4.69) is 52.5 Å². The Hall–Kier alpha value is -4.86. The zero-order valence-corrected chi connectivity index (χ0v) is 33.0. The average molecular weight is 777 g/mol. The third-order valence-electron chi connectivity index (χ3n) is 10.4. The van der Waals surface area contributed by atoms with Gasteiger partial charge in [-0.15, -0.1) is 0 Å². The molecule has 2 saturated heterocycles. The number of likely N-dealkylation sites (tertiary alicyclic amines) is 1. The second-order valence-electron chi connectivity index (χ2n) is 14.6. The Morgan fingerprint density at radius 2 is 1.45 bits per heavy atom. The first-order valence-corrected chi connectivity index (χ1v) is 20.0. The van der Waals surface area contributed by atoms with E-state index in [0.29, 0.717) is 70.1 Å². The van der Waals surface area contributed by atoms with Gasteiger partial charge in [-0.05, 0) is 113 Å². The number of amides is 6. The van der Waals surface area contributed by atoms with Crippen molar-refractivity contribution in [1.82, 2.24) is 31.2 Å². The Kier molecular flexibility index (Phi) is 17.3. The molecule has 15 nitrogen and oxygen atoms in total. The second kappa shape index (κ2) is 22.0. The number of hydrogen-bond donors (Lipinski definition) is 6. The molecular formula is C41H60N8O7. The van der Waals surface area contributed by atoms with Crippen LogP contribution < -0.4 is 32.7 Å². The average Bonchev–Trinajstić information content (AvgIpc) is 3.71. The van der Waals surface area contributed by atoms with Crippen LogP contribution in [0.25, 0.3) is 11.1 Å². The van der Waals surface area contributed by atoms with Crippen LogP contribution in [0.3, 0.4) is 0 Å². The summed E-state index contributed by atoms with van der Waals surface area (Å²) in [5.41, 5.74) is 15.1. The molecule has 0 aromatic heterocycles. The third-order valence-corrected chi connectivity index (χ3v) is 10.4. The number of hydrogen-bond acceptors (Lipinski definition) is 9. The molecule has 0 aliphatic carbocycles. The maximum absolute atomic E-state index is 14.0. The number of unbranched alkanes of at least 4 members (excludes halogenated alkanes) is 3. The SMILES string of the molecule is CCCCc1ccc(-c2ccc(C(=O)NC(CCCCN)C(=O)N3CCCC3C(=O)NC(C)C(=O)NC(CCCCN)C(=O)NC3CN(OC)C3=O)cc2)cc1. The van der Waals surface area contributed by atoms with Crippen molar-refractivity contribution in [3.63, 3.8) is 0 Å². The third kappa shape index (κ3) is 12.1. The number of rotatable bonds is 22. The number of aryl methyl sites for hydroxylation is 1. The number of nitrogens with two attached hydrogens (primary N) is 2. The summed E-state index contributed by atoms with van der Waals surface area (Å²) in [5, 5.41) is 12.1. The number of carbonyl (C=O) groups is 6. The predicted molar refractivity (Wildman–Crippen MR) is 212 cm³/mol. The number of benzene rings is 2. The van der Waals surface area contributed by atoms with Crippen LogP contribution in [0.4, 0.5) is 0 Å². The molecule has 2 aromatic carbocycles. The molecule has 4 rings (SSSR count). The molecule has 5 atom stereocenters. The van der Waals surface area contributed by atoms with Crippen molar-refractivity contribution in [1.29, 1.82) is 0 Å². The molecule has 2 aliphatic rings. The number of hydroxylamine groups is 2. The van der Waals surface area contributed by atoms with Gasteiger partial charge in [0.2, 0.25) is 23.6 Å². The monoisotopic (exact) mass is 776 g/mol. The molecule has 6 amide bonds. The van der Waals surface area contributed by atoms with Gasteiger partial charge in [-0.2, -0.15) is 0 Å². The van der Waals surface area contributed by atoms with Crippen molar-refractivity contribution < 1.29 is 33.6 Å². The lowest BCUT2D eigenvalue weighted by Crippen LogP contribution is -2.65. The van der Waals surface area contributed by atoms with E-state index < -0.39 is 53.8 Å². The number of carbonyl (C=O) groups excluding carboxylic acids is 6. The van der Waals surface area contributed by atoms with Crippen LogP contribution in [-0.2, 0) is 35.2 Å². The molecule has 2 aliphatic heterocycles. The quantitative estimate of drug-likeness (QED) is 0.0760. The van der Waals surface area contributed by atoms with Crippen molar-refractivity contribution in [2.24, 2.45) is 11.5 Å². The normalized spacial score (nSPS) is 18.1. The van der Waals surface area contributed by atoms with Crippen molar-refractivity contribution in [3.8, 4) is 11.1 Å². The van der Waals surface area contributed by atoms with Crippen LogP contribution in [0.15, 0.2) is 48.5 Å². The van der Waals surface area contributed by atoms with E-state index in [1.807, 2.05) is 12.1 Å². The van der Waals surface area contributed by atoms with Gasteiger partial charge in [0.05, 0.1) is 13.7 Å². The Morgan fingerprint density at radius 3 is 2.04 bits per heavy atom. The minimum atomic E-state index is -1.04. The smallest absolute Gasteiger partial charge is 0.270 e. The van der Waals surface area contributed by atoms with Crippen LogP contribution in [-0.4, -0.2) is 109 Å². The first-order chi connectivity index (χ1) is 27.0. The Bertz CT molecular complexity index is 1640. The van der Waals surface area contributed by atoms with Crippen LogP contribution in [0.5, 0.6) is 0 Å². The largest absolute Gasteiger partial charge is 0.343 e. The van der Waals surface area contributed by atoms with Gasteiger partial charge in [0, 0.05) is 12.1 Å². The van der Waals surface area contributed by atoms with Crippen LogP contribution in [0.2, 0.25) is 0 Å². The fourth-order valence-electron chi connectivity index (χ4n) is 6.93. The molecule has 5 unspecified atom stereocenters. The molecule has 8 N–H and O–H groups in total. The number of nitrogens with zero attached hydrogens (tertiary/aromatic N) is 2. The Labute approximate surface area is 329 Å². The molecule has 0 radical (unpaired) electrons. The minimum Gasteiger partial charge on any atom is -0.343 e. The lowest BCUT2D eigenvalue weighted by Gasteiger charge is -2.36. The predicted octanol–water partition coefficient (Wildman–Crippen LogP) is 1.92. The van der Waals surface area contributed by atoms with Gasteiger partial charge in [0.25, 0.3) is 11.8 Å². The van der Waals surface area contributed by atoms with Crippen LogP contribution >= 0.6 is 0 Å². The fourth-order valence-corrected chi connectivity index (χ4v) is 6.93. The summed E-state index contributed by atoms with van der Waals surface area (Å²) in [6.45, 7) is 5.02. The summed E-state index contributed by atoms with van der Waals surface area (Å²) in [4.78, 5) is 86.0. The standard InChI is InChI=1S/C41H60N8O7/c1-4-5-11-28-15-17-29(18-16-28)30-19-21-31(22-20-30)37(51)46-33(13-7-9-24-43)40(54)48-25-10-14-35(48)39(53)44-27(2)36(50)45-32(12-6-8-23-42)38(52)47-34-26-49(56-3)41(34)55/h15-22,27,32-35H,4-14,23-26,42-43H2,1-3H3,(H,44,53)(H,45,50)(H,46,51)(H,47,52). The zero-order valence-electron chi connectivity index (χ0n) is 33.0. The highest BCUT2D eigenvalue weighted by molar-refractivity contribution is 5.99. The van der Waals surface area contributed by atoms with E-state index in [-0.39, 0.29) is 24.8 Å². The molecule has 2 aromatic rings. The Balaban J connectivity index is 1.37. The van der Waals surface area contributed by atoms with Crippen LogP contribution in [0, 0.1) is 0 Å². The van der Waals surface area contributed by atoms with Crippen LogP contribution in [0.1, 0.15) is 94.0 Å². The van der Waals surface area contributed by atoms with Crippen molar-refractivity contribution in [2.75, 3.05) is 33.3 Å². The lowest BCUT2D eigenvalue weighted by atomic mass is 10.0. The van der Waals surface area contributed by atoms with Crippen molar-refractivity contribution in [3.05, 3.63) is 59.7 Å². The van der Waals surface area contributed by atoms with Crippen molar-refractivity contribution >= 4 is 35.4 Å². The van der Waals surface area contributed by atoms with Gasteiger partial charge in [0.15, 0.2) is 0 Å². The van der Waals surface area contributed by atoms with E-state index in [0.717, 1.165) is 35.5 Å². The summed E-state index contributed by atoms with van der Waals surface area (Å²) >= 11 is 0. The highest BCUT2D eigenvalue weighted by Gasteiger charge is 2.41. The van der Waals surface area contributed by atoms with E-state index in [1.165, 1.54) is 24.5 Å². The van der Waals surface area contributed by atoms with Gasteiger partial charge < -0.3 is 37.6 Å². The Morgan fingerprint density at radius 1 is 0.821 bits per heavy atom. The van der Waals surface area contributed by atoms with E-state index in [4.69, 9.17) is 16.3 Å². The molecule has 2 fully saturated rings. The number of β-lactam (4-membered cyclic amide) rings is 1. The van der Waals surface area contributed by atoms with Crippen molar-refractivity contribution in [2.45, 2.75) is 115 Å². The molecule has 2 heterocycles. The molecular weight excluding hydrogens is 716 g/mol. The first kappa shape index (κ1) is 43.9. The summed E-state index contributed by atoms with van der Waals surface area (Å²) in [6.07, 6.45) is 7.35. The zero-order chi connectivity index (χ0) is 40.6. The summed E-state index contributed by atoms with van der Waals surface area (Å²) in [6, 6.07) is 11.2. The van der Waals surface area contributed by atoms with Gasteiger partial charge >= 0.3 is 0 Å². The molecule has 306 valence electrons. The molecule has 56 heavy (non-hydrogen) atoms. The van der Waals surface area contributed by atoms with Gasteiger partial charge in [-0.1, -0.05) is 49.7 Å². The maximum Gasteiger partial charge on any atom is 0.270 e. The summed E-state index contributed by atoms with van der Waals surface area (Å²) in [5.74, 6) is -2.80. The van der Waals surface area contributed by atoms with E-state index in [1.54, 1.807) is 12.1 Å². The van der Waals surface area contributed by atoms with Gasteiger partial charge in [0.1, 0.15) is 30.2 Å².